The summed E-state index contributed by atoms with van der Waals surface area (Å²) in [5.74, 6) is -3.35. The van der Waals surface area contributed by atoms with Crippen molar-refractivity contribution < 1.29 is 34.5 Å². The Morgan fingerprint density at radius 3 is 2.09 bits per heavy atom. The van der Waals surface area contributed by atoms with Crippen LogP contribution in [0, 0.1) is 0 Å². The maximum atomic E-state index is 12.8. The summed E-state index contributed by atoms with van der Waals surface area (Å²) in [6, 6.07) is 1.33. The quantitative estimate of drug-likeness (QED) is 0.141. The molecule has 4 unspecified atom stereocenters. The van der Waals surface area contributed by atoms with Gasteiger partial charge in [-0.15, -0.1) is 0 Å². The van der Waals surface area contributed by atoms with Crippen LogP contribution in [0.25, 0.3) is 0 Å². The van der Waals surface area contributed by atoms with Crippen molar-refractivity contribution in [3.63, 3.8) is 0 Å². The number of carboxylic acid groups (broad SMARTS) is 1. The van der Waals surface area contributed by atoms with Crippen molar-refractivity contribution in [2.75, 3.05) is 13.2 Å². The Bertz CT molecular complexity index is 803. The lowest BCUT2D eigenvalue weighted by Crippen LogP contribution is -2.57. The number of phenols is 1. The zero-order valence-corrected chi connectivity index (χ0v) is 18.5. The second-order valence-electron chi connectivity index (χ2n) is 7.63. The van der Waals surface area contributed by atoms with Gasteiger partial charge in [0.15, 0.2) is 0 Å². The molecule has 1 aromatic carbocycles. The van der Waals surface area contributed by atoms with Gasteiger partial charge in [0.1, 0.15) is 29.9 Å². The van der Waals surface area contributed by atoms with E-state index in [2.05, 4.69) is 16.0 Å². The normalized spacial score (nSPS) is 14.4. The van der Waals surface area contributed by atoms with Crippen molar-refractivity contribution in [1.82, 2.24) is 16.0 Å². The first-order chi connectivity index (χ1) is 15.6. The molecule has 10 N–H and O–H groups in total. The van der Waals surface area contributed by atoms with Crippen molar-refractivity contribution in [2.24, 2.45) is 11.5 Å². The maximum Gasteiger partial charge on any atom is 0.326 e. The van der Waals surface area contributed by atoms with Crippen LogP contribution in [0.1, 0.15) is 31.7 Å². The highest BCUT2D eigenvalue weighted by Gasteiger charge is 2.28. The standard InChI is InChI=1S/C21H33N5O7/c1-12(18(29)25-16(21(32)33)4-2-3-9-22)24-20(31)17(26-19(30)15(23)11-27)10-13-5-7-14(28)8-6-13/h5-8,12,15-17,27-28H,2-4,9-11,22-23H2,1H3,(H,24,31)(H,25,29)(H,26,30)(H,32,33). The Labute approximate surface area is 191 Å². The number of amides is 3. The Morgan fingerprint density at radius 2 is 1.55 bits per heavy atom. The Kier molecular flexibility index (Phi) is 11.8. The molecule has 0 aliphatic rings. The zero-order valence-electron chi connectivity index (χ0n) is 18.5. The summed E-state index contributed by atoms with van der Waals surface area (Å²) in [6.45, 7) is 1.16. The monoisotopic (exact) mass is 467 g/mol. The van der Waals surface area contributed by atoms with Gasteiger partial charge in [-0.3, -0.25) is 14.4 Å². The van der Waals surface area contributed by atoms with Gasteiger partial charge in [0.2, 0.25) is 17.7 Å². The van der Waals surface area contributed by atoms with Gasteiger partial charge in [0.25, 0.3) is 0 Å². The number of aliphatic hydroxyl groups excluding tert-OH is 1. The molecule has 3 amide bonds. The van der Waals surface area contributed by atoms with Crippen molar-refractivity contribution in [1.29, 1.82) is 0 Å². The molecule has 0 aliphatic heterocycles. The molecular formula is C21H33N5O7. The van der Waals surface area contributed by atoms with Gasteiger partial charge < -0.3 is 42.7 Å². The van der Waals surface area contributed by atoms with Crippen LogP contribution in [-0.4, -0.2) is 76.3 Å². The lowest BCUT2D eigenvalue weighted by molar-refractivity contribution is -0.142. The number of aliphatic carboxylic acids is 1. The van der Waals surface area contributed by atoms with E-state index in [9.17, 15) is 29.4 Å². The number of rotatable bonds is 14. The minimum absolute atomic E-state index is 0.0151. The van der Waals surface area contributed by atoms with Crippen molar-refractivity contribution in [3.8, 4) is 5.75 Å². The Hall–Kier alpha value is -3.22. The predicted molar refractivity (Wildman–Crippen MR) is 119 cm³/mol. The number of aromatic hydroxyl groups is 1. The number of hydrogen-bond donors (Lipinski definition) is 8. The minimum atomic E-state index is -1.24. The van der Waals surface area contributed by atoms with E-state index < -0.39 is 54.5 Å². The van der Waals surface area contributed by atoms with Gasteiger partial charge in [-0.25, -0.2) is 4.79 Å². The predicted octanol–water partition coefficient (Wildman–Crippen LogP) is -2.06. The van der Waals surface area contributed by atoms with E-state index in [-0.39, 0.29) is 18.6 Å². The average Bonchev–Trinajstić information content (AvgIpc) is 2.78. The number of carbonyl (C=O) groups excluding carboxylic acids is 3. The number of carbonyl (C=O) groups is 4. The number of nitrogens with two attached hydrogens (primary N) is 2. The van der Waals surface area contributed by atoms with E-state index in [1.165, 1.54) is 19.1 Å². The highest BCUT2D eigenvalue weighted by Crippen LogP contribution is 2.12. The molecule has 0 aliphatic carbocycles. The first-order valence-electron chi connectivity index (χ1n) is 10.6. The molecule has 0 heterocycles. The molecule has 0 aromatic heterocycles. The van der Waals surface area contributed by atoms with Gasteiger partial charge in [-0.1, -0.05) is 12.1 Å². The van der Waals surface area contributed by atoms with Crippen LogP contribution in [0.5, 0.6) is 5.75 Å². The smallest absolute Gasteiger partial charge is 0.326 e. The second-order valence-corrected chi connectivity index (χ2v) is 7.63. The topological polar surface area (TPSA) is 217 Å². The van der Waals surface area contributed by atoms with E-state index in [0.717, 1.165) is 0 Å². The summed E-state index contributed by atoms with van der Waals surface area (Å²) in [4.78, 5) is 48.8. The third kappa shape index (κ3) is 9.85. The molecule has 0 spiro atoms. The van der Waals surface area contributed by atoms with Gasteiger partial charge in [0.05, 0.1) is 6.61 Å². The summed E-state index contributed by atoms with van der Waals surface area (Å²) in [5.41, 5.74) is 11.5. The third-order valence-corrected chi connectivity index (χ3v) is 4.86. The van der Waals surface area contributed by atoms with Crippen LogP contribution < -0.4 is 27.4 Å². The fourth-order valence-corrected chi connectivity index (χ4v) is 2.87. The third-order valence-electron chi connectivity index (χ3n) is 4.86. The molecule has 184 valence electrons. The lowest BCUT2D eigenvalue weighted by atomic mass is 10.0. The fourth-order valence-electron chi connectivity index (χ4n) is 2.87. The first-order valence-corrected chi connectivity index (χ1v) is 10.6. The van der Waals surface area contributed by atoms with Crippen LogP contribution in [-0.2, 0) is 25.6 Å². The van der Waals surface area contributed by atoms with E-state index in [1.54, 1.807) is 12.1 Å². The number of phenolic OH excluding ortho intramolecular Hbond substituents is 1. The van der Waals surface area contributed by atoms with Crippen molar-refractivity contribution in [2.45, 2.75) is 56.8 Å². The van der Waals surface area contributed by atoms with Crippen LogP contribution in [0.2, 0.25) is 0 Å². The van der Waals surface area contributed by atoms with Crippen molar-refractivity contribution in [3.05, 3.63) is 29.8 Å². The van der Waals surface area contributed by atoms with Crippen LogP contribution >= 0.6 is 0 Å². The average molecular weight is 468 g/mol. The van der Waals surface area contributed by atoms with E-state index in [0.29, 0.717) is 24.9 Å². The number of benzene rings is 1. The first kappa shape index (κ1) is 27.8. The summed E-state index contributed by atoms with van der Waals surface area (Å²) < 4.78 is 0. The molecule has 0 saturated carbocycles. The SMILES string of the molecule is CC(NC(=O)C(Cc1ccc(O)cc1)NC(=O)C(N)CO)C(=O)NC(CCCCN)C(=O)O. The summed E-state index contributed by atoms with van der Waals surface area (Å²) in [7, 11) is 0. The number of nitrogens with one attached hydrogen (secondary N) is 3. The summed E-state index contributed by atoms with van der Waals surface area (Å²) in [6.07, 6.45) is 1.33. The van der Waals surface area contributed by atoms with Crippen molar-refractivity contribution >= 4 is 23.7 Å². The molecule has 4 atom stereocenters. The molecule has 1 rings (SSSR count). The molecule has 0 bridgehead atoms. The number of hydrogen-bond acceptors (Lipinski definition) is 8. The van der Waals surface area contributed by atoms with Gasteiger partial charge in [-0.2, -0.15) is 0 Å². The highest BCUT2D eigenvalue weighted by atomic mass is 16.4. The second kappa shape index (κ2) is 14.0. The van der Waals surface area contributed by atoms with E-state index >= 15 is 0 Å². The highest BCUT2D eigenvalue weighted by molar-refractivity contribution is 5.94. The molecule has 12 nitrogen and oxygen atoms in total. The molecule has 33 heavy (non-hydrogen) atoms. The van der Waals surface area contributed by atoms with E-state index in [1.807, 2.05) is 0 Å². The summed E-state index contributed by atoms with van der Waals surface area (Å²) >= 11 is 0. The molecule has 12 heteroatoms. The molecular weight excluding hydrogens is 434 g/mol. The molecule has 0 saturated heterocycles. The minimum Gasteiger partial charge on any atom is -0.508 e. The lowest BCUT2D eigenvalue weighted by Gasteiger charge is -2.23. The van der Waals surface area contributed by atoms with Crippen LogP contribution in [0.15, 0.2) is 24.3 Å². The maximum absolute atomic E-state index is 12.8. The molecule has 0 fully saturated rings. The molecule has 1 aromatic rings. The number of aliphatic hydroxyl groups is 1. The van der Waals surface area contributed by atoms with E-state index in [4.69, 9.17) is 16.6 Å². The zero-order chi connectivity index (χ0) is 25.0. The number of carboxylic acids is 1. The fraction of sp³-hybridized carbons (Fsp3) is 0.524. The van der Waals surface area contributed by atoms with Crippen LogP contribution in [0.4, 0.5) is 0 Å². The Balaban J connectivity index is 2.85. The number of unbranched alkanes of at least 4 members (excludes halogenated alkanes) is 1. The molecule has 0 radical (unpaired) electrons. The van der Waals surface area contributed by atoms with Gasteiger partial charge in [0, 0.05) is 6.42 Å². The van der Waals surface area contributed by atoms with Gasteiger partial charge >= 0.3 is 5.97 Å². The Morgan fingerprint density at radius 1 is 0.939 bits per heavy atom. The van der Waals surface area contributed by atoms with Crippen LogP contribution in [0.3, 0.4) is 0 Å². The summed E-state index contributed by atoms with van der Waals surface area (Å²) in [5, 5.41) is 35.1. The largest absolute Gasteiger partial charge is 0.508 e. The van der Waals surface area contributed by atoms with Gasteiger partial charge in [-0.05, 0) is 50.4 Å².